The number of hydrogen-bond acceptors (Lipinski definition) is 2. The number of thioether (sulfide) groups is 1. The molecule has 0 fully saturated rings. The van der Waals surface area contributed by atoms with Gasteiger partial charge in [0.2, 0.25) is 5.91 Å². The topological polar surface area (TPSA) is 29.1 Å². The lowest BCUT2D eigenvalue weighted by Gasteiger charge is -2.06. The van der Waals surface area contributed by atoms with Gasteiger partial charge in [-0.3, -0.25) is 4.79 Å². The number of halogens is 2. The summed E-state index contributed by atoms with van der Waals surface area (Å²) in [4.78, 5) is 12.7. The van der Waals surface area contributed by atoms with E-state index >= 15 is 0 Å². The van der Waals surface area contributed by atoms with Gasteiger partial charge in [0.05, 0.1) is 5.75 Å². The van der Waals surface area contributed by atoms with Crippen molar-refractivity contribution in [3.05, 3.63) is 59.7 Å². The average Bonchev–Trinajstić information content (AvgIpc) is 2.37. The molecule has 104 valence electrons. The molecule has 1 N–H and O–H groups in total. The molecule has 0 radical (unpaired) electrons. The lowest BCUT2D eigenvalue weighted by Crippen LogP contribution is -2.14. The molecule has 2 aromatic carbocycles. The fourth-order valence-corrected chi connectivity index (χ4v) is 2.30. The molecular weight excluding hydrogens is 280 g/mol. The van der Waals surface area contributed by atoms with Gasteiger partial charge in [0.15, 0.2) is 0 Å². The summed E-state index contributed by atoms with van der Waals surface area (Å²) in [5.41, 5.74) is 1.27. The Morgan fingerprint density at radius 2 is 1.70 bits per heavy atom. The van der Waals surface area contributed by atoms with Crippen LogP contribution in [0, 0.1) is 18.6 Å². The molecule has 0 saturated carbocycles. The Morgan fingerprint density at radius 3 is 2.30 bits per heavy atom. The predicted molar refractivity (Wildman–Crippen MR) is 76.9 cm³/mol. The fourth-order valence-electron chi connectivity index (χ4n) is 1.61. The first-order valence-corrected chi connectivity index (χ1v) is 6.97. The van der Waals surface area contributed by atoms with E-state index in [2.05, 4.69) is 5.32 Å². The van der Waals surface area contributed by atoms with Crippen molar-refractivity contribution in [1.82, 2.24) is 0 Å². The Labute approximate surface area is 120 Å². The predicted octanol–water partition coefficient (Wildman–Crippen LogP) is 4.00. The molecule has 0 aliphatic rings. The van der Waals surface area contributed by atoms with Crippen LogP contribution in [-0.4, -0.2) is 11.7 Å². The van der Waals surface area contributed by atoms with Crippen LogP contribution >= 0.6 is 11.8 Å². The zero-order valence-electron chi connectivity index (χ0n) is 10.8. The Balaban J connectivity index is 1.90. The molecule has 5 heteroatoms. The number of hydrogen-bond donors (Lipinski definition) is 1. The second-order valence-electron chi connectivity index (χ2n) is 4.31. The van der Waals surface area contributed by atoms with Crippen molar-refractivity contribution >= 4 is 23.4 Å². The highest BCUT2D eigenvalue weighted by atomic mass is 32.2. The summed E-state index contributed by atoms with van der Waals surface area (Å²) in [5, 5.41) is 2.47. The minimum Gasteiger partial charge on any atom is -0.325 e. The van der Waals surface area contributed by atoms with Crippen LogP contribution in [0.2, 0.25) is 0 Å². The standard InChI is InChI=1S/C15H13F2NOS/c1-10-2-4-14(5-3-10)20-9-15(19)18-13-7-11(16)6-12(17)8-13/h2-8H,9H2,1H3,(H,18,19). The second kappa shape index (κ2) is 6.52. The Bertz CT molecular complexity index is 594. The van der Waals surface area contributed by atoms with Crippen molar-refractivity contribution in [2.75, 3.05) is 11.1 Å². The molecule has 0 aliphatic heterocycles. The van der Waals surface area contributed by atoms with Crippen LogP contribution in [0.4, 0.5) is 14.5 Å². The molecule has 1 amide bonds. The van der Waals surface area contributed by atoms with Gasteiger partial charge in [-0.1, -0.05) is 17.7 Å². The maximum atomic E-state index is 13.0. The van der Waals surface area contributed by atoms with Crippen molar-refractivity contribution < 1.29 is 13.6 Å². The third-order valence-electron chi connectivity index (χ3n) is 2.54. The van der Waals surface area contributed by atoms with E-state index in [1.807, 2.05) is 31.2 Å². The van der Waals surface area contributed by atoms with E-state index in [0.29, 0.717) is 0 Å². The van der Waals surface area contributed by atoms with Crippen molar-refractivity contribution in [3.63, 3.8) is 0 Å². The number of benzene rings is 2. The van der Waals surface area contributed by atoms with Gasteiger partial charge in [0.1, 0.15) is 11.6 Å². The minimum absolute atomic E-state index is 0.122. The molecule has 0 heterocycles. The smallest absolute Gasteiger partial charge is 0.234 e. The maximum absolute atomic E-state index is 13.0. The molecule has 0 bridgehead atoms. The van der Waals surface area contributed by atoms with E-state index in [4.69, 9.17) is 0 Å². The van der Waals surface area contributed by atoms with E-state index in [1.165, 1.54) is 11.8 Å². The van der Waals surface area contributed by atoms with Crippen LogP contribution in [0.15, 0.2) is 47.4 Å². The largest absolute Gasteiger partial charge is 0.325 e. The SMILES string of the molecule is Cc1ccc(SCC(=O)Nc2cc(F)cc(F)c2)cc1. The van der Waals surface area contributed by atoms with Crippen LogP contribution < -0.4 is 5.32 Å². The highest BCUT2D eigenvalue weighted by Gasteiger charge is 2.06. The quantitative estimate of drug-likeness (QED) is 0.863. The molecule has 2 nitrogen and oxygen atoms in total. The van der Waals surface area contributed by atoms with Crippen LogP contribution in [0.25, 0.3) is 0 Å². The average molecular weight is 293 g/mol. The zero-order valence-corrected chi connectivity index (χ0v) is 11.6. The van der Waals surface area contributed by atoms with Crippen molar-refractivity contribution in [2.45, 2.75) is 11.8 Å². The number of nitrogens with one attached hydrogen (secondary N) is 1. The summed E-state index contributed by atoms with van der Waals surface area (Å²) in [6, 6.07) is 10.7. The number of carbonyl (C=O) groups is 1. The first-order chi connectivity index (χ1) is 9.52. The lowest BCUT2D eigenvalue weighted by atomic mass is 10.2. The van der Waals surface area contributed by atoms with Crippen LogP contribution in [0.3, 0.4) is 0 Å². The van der Waals surface area contributed by atoms with Gasteiger partial charge in [0.25, 0.3) is 0 Å². The van der Waals surface area contributed by atoms with Crippen molar-refractivity contribution in [2.24, 2.45) is 0 Å². The summed E-state index contributed by atoms with van der Waals surface area (Å²) in [6.07, 6.45) is 0. The first kappa shape index (κ1) is 14.5. The van der Waals surface area contributed by atoms with Gasteiger partial charge in [-0.15, -0.1) is 11.8 Å². The molecule has 0 aliphatic carbocycles. The summed E-state index contributed by atoms with van der Waals surface area (Å²) in [7, 11) is 0. The van der Waals surface area contributed by atoms with Crippen molar-refractivity contribution in [3.8, 4) is 0 Å². The normalized spacial score (nSPS) is 10.3. The molecule has 20 heavy (non-hydrogen) atoms. The van der Waals surface area contributed by atoms with Crippen LogP contribution in [0.1, 0.15) is 5.56 Å². The van der Waals surface area contributed by atoms with Gasteiger partial charge in [0, 0.05) is 16.6 Å². The fraction of sp³-hybridized carbons (Fsp3) is 0.133. The van der Waals surface area contributed by atoms with E-state index in [9.17, 15) is 13.6 Å². The molecule has 0 atom stereocenters. The summed E-state index contributed by atoms with van der Waals surface area (Å²) in [6.45, 7) is 1.99. The third kappa shape index (κ3) is 4.35. The molecule has 0 aromatic heterocycles. The van der Waals surface area contributed by atoms with Crippen molar-refractivity contribution in [1.29, 1.82) is 0 Å². The third-order valence-corrected chi connectivity index (χ3v) is 3.55. The Kier molecular flexibility index (Phi) is 4.74. The van der Waals surface area contributed by atoms with Gasteiger partial charge < -0.3 is 5.32 Å². The maximum Gasteiger partial charge on any atom is 0.234 e. The minimum atomic E-state index is -0.716. The highest BCUT2D eigenvalue weighted by Crippen LogP contribution is 2.19. The van der Waals surface area contributed by atoms with E-state index in [0.717, 1.165) is 28.7 Å². The highest BCUT2D eigenvalue weighted by molar-refractivity contribution is 8.00. The van der Waals surface area contributed by atoms with Gasteiger partial charge in [-0.05, 0) is 31.2 Å². The van der Waals surface area contributed by atoms with E-state index in [1.54, 1.807) is 0 Å². The molecule has 0 saturated heterocycles. The number of carbonyl (C=O) groups excluding carboxylic acids is 1. The summed E-state index contributed by atoms with van der Waals surface area (Å²) in [5.74, 6) is -1.56. The number of anilines is 1. The van der Waals surface area contributed by atoms with Gasteiger partial charge in [-0.2, -0.15) is 0 Å². The number of rotatable bonds is 4. The second-order valence-corrected chi connectivity index (χ2v) is 5.36. The van der Waals surface area contributed by atoms with Gasteiger partial charge in [-0.25, -0.2) is 8.78 Å². The molecular formula is C15H13F2NOS. The molecule has 2 rings (SSSR count). The van der Waals surface area contributed by atoms with E-state index in [-0.39, 0.29) is 17.3 Å². The molecule has 0 unspecified atom stereocenters. The monoisotopic (exact) mass is 293 g/mol. The molecule has 0 spiro atoms. The Morgan fingerprint density at radius 1 is 1.10 bits per heavy atom. The Hall–Kier alpha value is -1.88. The molecule has 2 aromatic rings. The van der Waals surface area contributed by atoms with Crippen LogP contribution in [0.5, 0.6) is 0 Å². The van der Waals surface area contributed by atoms with Gasteiger partial charge >= 0.3 is 0 Å². The zero-order chi connectivity index (χ0) is 14.5. The lowest BCUT2D eigenvalue weighted by molar-refractivity contribution is -0.113. The summed E-state index contributed by atoms with van der Waals surface area (Å²) >= 11 is 1.37. The van der Waals surface area contributed by atoms with Crippen LogP contribution in [-0.2, 0) is 4.79 Å². The number of amides is 1. The van der Waals surface area contributed by atoms with E-state index < -0.39 is 11.6 Å². The first-order valence-electron chi connectivity index (χ1n) is 5.98. The number of aryl methyl sites for hydroxylation is 1. The summed E-state index contributed by atoms with van der Waals surface area (Å²) < 4.78 is 25.9.